The topological polar surface area (TPSA) is 59.5 Å². The summed E-state index contributed by atoms with van der Waals surface area (Å²) in [4.78, 5) is 15.1. The zero-order valence-electron chi connectivity index (χ0n) is 13.0. The highest BCUT2D eigenvalue weighted by atomic mass is 16.3. The number of anilines is 1. The van der Waals surface area contributed by atoms with E-state index in [1.54, 1.807) is 12.1 Å². The van der Waals surface area contributed by atoms with E-state index in [1.807, 2.05) is 24.3 Å². The van der Waals surface area contributed by atoms with Gasteiger partial charge in [0.25, 0.3) is 0 Å². The highest BCUT2D eigenvalue weighted by Gasteiger charge is 2.17. The summed E-state index contributed by atoms with van der Waals surface area (Å²) < 4.78 is 6.07. The predicted octanol–water partition coefficient (Wildman–Crippen LogP) is 3.51. The molecule has 1 aromatic heterocycles. The standard InChI is InChI=1S/C19H20N2O2/c20-16-9-8-14-18(22)13-6-2-3-7-17(13)23-19(14)15(16)12-21-10-4-1-5-11-21/h2-3,6-9H,1,4-5,10-12,20H2. The number of benzene rings is 2. The second-order valence-corrected chi connectivity index (χ2v) is 6.27. The monoisotopic (exact) mass is 308 g/mol. The summed E-state index contributed by atoms with van der Waals surface area (Å²) in [6.07, 6.45) is 3.73. The maximum absolute atomic E-state index is 12.7. The van der Waals surface area contributed by atoms with E-state index in [4.69, 9.17) is 10.2 Å². The lowest BCUT2D eigenvalue weighted by Gasteiger charge is -2.27. The number of likely N-dealkylation sites (tertiary alicyclic amines) is 1. The van der Waals surface area contributed by atoms with Gasteiger partial charge in [-0.2, -0.15) is 0 Å². The molecule has 0 unspecified atom stereocenters. The van der Waals surface area contributed by atoms with E-state index < -0.39 is 0 Å². The first kappa shape index (κ1) is 14.3. The molecule has 0 spiro atoms. The van der Waals surface area contributed by atoms with E-state index in [0.29, 0.717) is 27.6 Å². The van der Waals surface area contributed by atoms with Gasteiger partial charge in [-0.05, 0) is 50.2 Å². The zero-order valence-corrected chi connectivity index (χ0v) is 13.0. The minimum Gasteiger partial charge on any atom is -0.455 e. The number of nitrogens with two attached hydrogens (primary N) is 1. The highest BCUT2D eigenvalue weighted by Crippen LogP contribution is 2.28. The zero-order chi connectivity index (χ0) is 15.8. The number of nitrogen functional groups attached to an aromatic ring is 1. The summed E-state index contributed by atoms with van der Waals surface area (Å²) in [6.45, 7) is 2.89. The molecule has 118 valence electrons. The second kappa shape index (κ2) is 5.70. The lowest BCUT2D eigenvalue weighted by atomic mass is 10.0. The maximum Gasteiger partial charge on any atom is 0.200 e. The van der Waals surface area contributed by atoms with E-state index in [-0.39, 0.29) is 5.43 Å². The Balaban J connectivity index is 1.91. The molecule has 1 saturated heterocycles. The minimum absolute atomic E-state index is 0.0155. The largest absolute Gasteiger partial charge is 0.455 e. The molecule has 4 nitrogen and oxygen atoms in total. The van der Waals surface area contributed by atoms with Crippen LogP contribution in [0.15, 0.2) is 45.6 Å². The fourth-order valence-corrected chi connectivity index (χ4v) is 3.44. The number of hydrogen-bond acceptors (Lipinski definition) is 4. The van der Waals surface area contributed by atoms with Crippen LogP contribution in [0.4, 0.5) is 5.69 Å². The summed E-state index contributed by atoms with van der Waals surface area (Å²) in [6, 6.07) is 11.0. The fourth-order valence-electron chi connectivity index (χ4n) is 3.44. The van der Waals surface area contributed by atoms with Crippen LogP contribution in [0, 0.1) is 0 Å². The van der Waals surface area contributed by atoms with Gasteiger partial charge in [-0.1, -0.05) is 18.6 Å². The number of hydrogen-bond donors (Lipinski definition) is 1. The molecule has 2 N–H and O–H groups in total. The van der Waals surface area contributed by atoms with E-state index in [9.17, 15) is 4.79 Å². The van der Waals surface area contributed by atoms with Crippen molar-refractivity contribution in [1.29, 1.82) is 0 Å². The summed E-state index contributed by atoms with van der Waals surface area (Å²) >= 11 is 0. The molecule has 0 saturated carbocycles. The first-order chi connectivity index (χ1) is 11.2. The minimum atomic E-state index is 0.0155. The molecular formula is C19H20N2O2. The molecule has 4 heteroatoms. The molecule has 1 aliphatic heterocycles. The average molecular weight is 308 g/mol. The van der Waals surface area contributed by atoms with Gasteiger partial charge in [-0.25, -0.2) is 0 Å². The Kier molecular flexibility index (Phi) is 3.54. The number of piperidine rings is 1. The Morgan fingerprint density at radius 1 is 1.00 bits per heavy atom. The van der Waals surface area contributed by atoms with Gasteiger partial charge >= 0.3 is 0 Å². The van der Waals surface area contributed by atoms with Gasteiger partial charge in [-0.15, -0.1) is 0 Å². The van der Waals surface area contributed by atoms with Crippen LogP contribution in [0.3, 0.4) is 0 Å². The van der Waals surface area contributed by atoms with Crippen LogP contribution in [-0.2, 0) is 6.54 Å². The van der Waals surface area contributed by atoms with Crippen molar-refractivity contribution >= 4 is 27.6 Å². The Bertz CT molecular complexity index is 924. The van der Waals surface area contributed by atoms with Crippen molar-refractivity contribution in [1.82, 2.24) is 4.90 Å². The Hall–Kier alpha value is -2.33. The molecule has 0 bridgehead atoms. The van der Waals surface area contributed by atoms with Crippen LogP contribution in [0.2, 0.25) is 0 Å². The summed E-state index contributed by atoms with van der Waals surface area (Å²) in [5, 5.41) is 1.23. The van der Waals surface area contributed by atoms with Crippen LogP contribution in [0.5, 0.6) is 0 Å². The third-order valence-corrected chi connectivity index (χ3v) is 4.72. The van der Waals surface area contributed by atoms with Crippen LogP contribution < -0.4 is 11.2 Å². The molecule has 3 aromatic rings. The van der Waals surface area contributed by atoms with Crippen LogP contribution >= 0.6 is 0 Å². The molecule has 1 aliphatic rings. The fraction of sp³-hybridized carbons (Fsp3) is 0.316. The van der Waals surface area contributed by atoms with E-state index in [1.165, 1.54) is 19.3 Å². The van der Waals surface area contributed by atoms with Gasteiger partial charge in [0, 0.05) is 17.8 Å². The second-order valence-electron chi connectivity index (χ2n) is 6.27. The van der Waals surface area contributed by atoms with Crippen LogP contribution in [-0.4, -0.2) is 18.0 Å². The molecule has 0 radical (unpaired) electrons. The predicted molar refractivity (Wildman–Crippen MR) is 93.5 cm³/mol. The molecular weight excluding hydrogens is 288 g/mol. The van der Waals surface area contributed by atoms with E-state index >= 15 is 0 Å². The molecule has 2 aromatic carbocycles. The molecule has 0 amide bonds. The van der Waals surface area contributed by atoms with Gasteiger partial charge in [0.05, 0.1) is 10.8 Å². The Morgan fingerprint density at radius 3 is 2.61 bits per heavy atom. The average Bonchev–Trinajstić information content (AvgIpc) is 2.59. The lowest BCUT2D eigenvalue weighted by molar-refractivity contribution is 0.221. The van der Waals surface area contributed by atoms with Gasteiger partial charge < -0.3 is 10.2 Å². The van der Waals surface area contributed by atoms with E-state index in [2.05, 4.69) is 4.90 Å². The van der Waals surface area contributed by atoms with Crippen molar-refractivity contribution in [3.8, 4) is 0 Å². The number of fused-ring (bicyclic) bond motifs is 2. The quantitative estimate of drug-likeness (QED) is 0.581. The third-order valence-electron chi connectivity index (χ3n) is 4.72. The van der Waals surface area contributed by atoms with Crippen molar-refractivity contribution in [2.24, 2.45) is 0 Å². The van der Waals surface area contributed by atoms with Gasteiger partial charge in [0.2, 0.25) is 5.43 Å². The summed E-state index contributed by atoms with van der Waals surface area (Å²) in [5.74, 6) is 0. The summed E-state index contributed by atoms with van der Waals surface area (Å²) in [7, 11) is 0. The Labute approximate surface area is 134 Å². The molecule has 2 heterocycles. The van der Waals surface area contributed by atoms with Crippen LogP contribution in [0.1, 0.15) is 24.8 Å². The van der Waals surface area contributed by atoms with Crippen molar-refractivity contribution in [2.45, 2.75) is 25.8 Å². The van der Waals surface area contributed by atoms with E-state index in [0.717, 1.165) is 25.2 Å². The highest BCUT2D eigenvalue weighted by molar-refractivity contribution is 5.93. The van der Waals surface area contributed by atoms with Crippen molar-refractivity contribution in [3.05, 3.63) is 52.2 Å². The van der Waals surface area contributed by atoms with Crippen LogP contribution in [0.25, 0.3) is 21.9 Å². The van der Waals surface area contributed by atoms with Crippen molar-refractivity contribution in [3.63, 3.8) is 0 Å². The number of nitrogens with zero attached hydrogens (tertiary/aromatic N) is 1. The first-order valence-corrected chi connectivity index (χ1v) is 8.19. The van der Waals surface area contributed by atoms with Gasteiger partial charge in [-0.3, -0.25) is 9.69 Å². The van der Waals surface area contributed by atoms with Crippen molar-refractivity contribution in [2.75, 3.05) is 18.8 Å². The normalized spacial score (nSPS) is 16.2. The van der Waals surface area contributed by atoms with Gasteiger partial charge in [0.15, 0.2) is 0 Å². The maximum atomic E-state index is 12.7. The van der Waals surface area contributed by atoms with Gasteiger partial charge in [0.1, 0.15) is 11.2 Å². The molecule has 1 fully saturated rings. The first-order valence-electron chi connectivity index (χ1n) is 8.19. The number of para-hydroxylation sites is 1. The number of rotatable bonds is 2. The Morgan fingerprint density at radius 2 is 1.78 bits per heavy atom. The molecule has 0 aliphatic carbocycles. The SMILES string of the molecule is Nc1ccc2c(=O)c3ccccc3oc2c1CN1CCCCC1. The smallest absolute Gasteiger partial charge is 0.200 e. The molecule has 4 rings (SSSR count). The van der Waals surface area contributed by atoms with Crippen molar-refractivity contribution < 1.29 is 4.42 Å². The summed E-state index contributed by atoms with van der Waals surface area (Å²) in [5.41, 5.74) is 9.12. The lowest BCUT2D eigenvalue weighted by Crippen LogP contribution is -2.29. The third kappa shape index (κ3) is 2.49. The molecule has 23 heavy (non-hydrogen) atoms. The molecule has 0 atom stereocenters.